The van der Waals surface area contributed by atoms with E-state index in [9.17, 15) is 0 Å². The third-order valence-electron chi connectivity index (χ3n) is 4.34. The molecule has 3 nitrogen and oxygen atoms in total. The fourth-order valence-electron chi connectivity index (χ4n) is 2.68. The summed E-state index contributed by atoms with van der Waals surface area (Å²) in [5.41, 5.74) is 7.93. The van der Waals surface area contributed by atoms with Gasteiger partial charge in [-0.1, -0.05) is 13.1 Å². The molecule has 106 valence electrons. The molecule has 0 saturated carbocycles. The van der Waals surface area contributed by atoms with Crippen LogP contribution >= 0.6 is 0 Å². The number of benzene rings is 1. The van der Waals surface area contributed by atoms with Gasteiger partial charge in [-0.2, -0.15) is 0 Å². The van der Waals surface area contributed by atoms with E-state index in [-0.39, 0.29) is 32.7 Å². The first-order chi connectivity index (χ1) is 9.34. The van der Waals surface area contributed by atoms with E-state index in [1.54, 1.807) is 0 Å². The zero-order valence-electron chi connectivity index (χ0n) is 14.0. The Labute approximate surface area is 153 Å². The Morgan fingerprint density at radius 3 is 1.81 bits per heavy atom. The Morgan fingerprint density at radius 1 is 0.857 bits per heavy atom. The average Bonchev–Trinajstić information content (AvgIpc) is 2.43. The fourth-order valence-corrected chi connectivity index (χ4v) is 2.68. The summed E-state index contributed by atoms with van der Waals surface area (Å²) in [6.07, 6.45) is 2.91. The van der Waals surface area contributed by atoms with E-state index in [1.165, 1.54) is 33.5 Å². The molecule has 0 bridgehead atoms. The number of aryl methyl sites for hydroxylation is 1. The topological polar surface area (TPSA) is 29.0 Å². The predicted octanol–water partition coefficient (Wildman–Crippen LogP) is 3.89. The van der Waals surface area contributed by atoms with Crippen LogP contribution in [0.25, 0.3) is 0 Å². The maximum absolute atomic E-state index is 4.50. The molecule has 1 aromatic carbocycles. The monoisotopic (exact) mass is 357 g/mol. The van der Waals surface area contributed by atoms with Gasteiger partial charge < -0.3 is 14.9 Å². The van der Waals surface area contributed by atoms with E-state index in [4.69, 9.17) is 0 Å². The smallest absolute Gasteiger partial charge is 0.382 e. The minimum Gasteiger partial charge on any atom is -0.382 e. The molecule has 0 aliphatic carbocycles. The number of hydrogen-bond donors (Lipinski definition) is 0. The van der Waals surface area contributed by atoms with Gasteiger partial charge in [0, 0.05) is 24.4 Å². The number of anilines is 2. The predicted molar refractivity (Wildman–Crippen MR) is 83.8 cm³/mol. The van der Waals surface area contributed by atoms with Crippen LogP contribution in [0.2, 0.25) is 0 Å². The van der Waals surface area contributed by atoms with Crippen LogP contribution in [0.5, 0.6) is 0 Å². The minimum atomic E-state index is 0. The van der Waals surface area contributed by atoms with Gasteiger partial charge in [-0.3, -0.25) is 0 Å². The van der Waals surface area contributed by atoms with Crippen LogP contribution in [-0.2, 0) is 32.7 Å². The molecular weight excluding hydrogens is 335 g/mol. The van der Waals surface area contributed by atoms with Crippen molar-refractivity contribution in [1.29, 1.82) is 0 Å². The molecule has 2 rings (SSSR count). The number of rotatable bonds is 2. The van der Waals surface area contributed by atoms with Gasteiger partial charge >= 0.3 is 32.7 Å². The first-order valence-electron chi connectivity index (χ1n) is 6.87. The van der Waals surface area contributed by atoms with Crippen molar-refractivity contribution >= 4 is 11.5 Å². The van der Waals surface area contributed by atoms with Gasteiger partial charge in [0.1, 0.15) is 0 Å². The van der Waals surface area contributed by atoms with E-state index >= 15 is 0 Å². The standard InChI is InChI=1S/C17H22N3.Y/c1-10-11(2)13(4)17(14(5)12(10)3)20(7)16-8-9-18-15(6)19-16;/h8H,1-7H3;/q-1;+3. The second-order valence-corrected chi connectivity index (χ2v) is 5.44. The number of nitrogens with zero attached hydrogens (tertiary/aromatic N) is 3. The van der Waals surface area contributed by atoms with E-state index in [2.05, 4.69) is 62.7 Å². The molecule has 4 heteroatoms. The van der Waals surface area contributed by atoms with E-state index in [0.29, 0.717) is 0 Å². The van der Waals surface area contributed by atoms with Gasteiger partial charge in [-0.25, -0.2) is 0 Å². The largest absolute Gasteiger partial charge is 3.00 e. The van der Waals surface area contributed by atoms with Crippen molar-refractivity contribution in [1.82, 2.24) is 9.97 Å². The summed E-state index contributed by atoms with van der Waals surface area (Å²) in [5, 5.41) is 0. The summed E-state index contributed by atoms with van der Waals surface area (Å²) in [4.78, 5) is 10.7. The van der Waals surface area contributed by atoms with Crippen molar-refractivity contribution in [3.05, 3.63) is 45.9 Å². The molecule has 0 fully saturated rings. The van der Waals surface area contributed by atoms with Crippen molar-refractivity contribution in [3.8, 4) is 0 Å². The molecule has 0 radical (unpaired) electrons. The molecule has 2 aromatic rings. The van der Waals surface area contributed by atoms with Crippen molar-refractivity contribution < 1.29 is 32.7 Å². The number of aromatic nitrogens is 2. The molecule has 0 saturated heterocycles. The Balaban J connectivity index is 0.00000220. The van der Waals surface area contributed by atoms with Crippen molar-refractivity contribution in [2.75, 3.05) is 11.9 Å². The summed E-state index contributed by atoms with van der Waals surface area (Å²) in [5.74, 6) is 1.62. The summed E-state index contributed by atoms with van der Waals surface area (Å²) >= 11 is 0. The van der Waals surface area contributed by atoms with Gasteiger partial charge in [0.15, 0.2) is 0 Å². The Hall–Kier alpha value is -0.796. The van der Waals surface area contributed by atoms with E-state index in [0.717, 1.165) is 11.6 Å². The zero-order chi connectivity index (χ0) is 15.0. The molecule has 0 unspecified atom stereocenters. The SMILES string of the molecule is Cc1n[c-]cc(N(C)c2c(C)c(C)c(C)c(C)c2C)n1.[Y+3]. The maximum Gasteiger partial charge on any atom is 3.00 e. The van der Waals surface area contributed by atoms with Gasteiger partial charge in [-0.15, -0.1) is 6.07 Å². The Kier molecular flexibility index (Phi) is 6.06. The van der Waals surface area contributed by atoms with Crippen LogP contribution in [0.1, 0.15) is 33.6 Å². The summed E-state index contributed by atoms with van der Waals surface area (Å²) < 4.78 is 0. The second kappa shape index (κ2) is 6.98. The molecule has 0 spiro atoms. The maximum atomic E-state index is 4.50. The first kappa shape index (κ1) is 18.3. The van der Waals surface area contributed by atoms with Crippen LogP contribution in [0, 0.1) is 47.7 Å². The van der Waals surface area contributed by atoms with E-state index in [1.807, 2.05) is 13.0 Å². The van der Waals surface area contributed by atoms with Crippen LogP contribution in [-0.4, -0.2) is 17.0 Å². The molecule has 0 N–H and O–H groups in total. The molecule has 1 aromatic heterocycles. The third kappa shape index (κ3) is 3.35. The summed E-state index contributed by atoms with van der Waals surface area (Å²) in [6, 6.07) is 1.83. The Morgan fingerprint density at radius 2 is 1.33 bits per heavy atom. The van der Waals surface area contributed by atoms with Gasteiger partial charge in [0.25, 0.3) is 0 Å². The number of hydrogen-bond acceptors (Lipinski definition) is 3. The molecule has 1 heterocycles. The van der Waals surface area contributed by atoms with Gasteiger partial charge in [0.05, 0.1) is 0 Å². The summed E-state index contributed by atoms with van der Waals surface area (Å²) in [6.45, 7) is 12.8. The Bertz CT molecular complexity index is 636. The quantitative estimate of drug-likeness (QED) is 0.764. The van der Waals surface area contributed by atoms with Crippen molar-refractivity contribution in [2.24, 2.45) is 0 Å². The van der Waals surface area contributed by atoms with E-state index < -0.39 is 0 Å². The summed E-state index contributed by atoms with van der Waals surface area (Å²) in [7, 11) is 2.05. The van der Waals surface area contributed by atoms with Gasteiger partial charge in [-0.05, 0) is 62.4 Å². The normalized spacial score (nSPS) is 10.2. The average molecular weight is 357 g/mol. The molecule has 0 aliphatic heterocycles. The fraction of sp³-hybridized carbons (Fsp3) is 0.412. The van der Waals surface area contributed by atoms with Crippen LogP contribution in [0.4, 0.5) is 11.5 Å². The molecular formula is C17H22N3Y+2. The first-order valence-corrected chi connectivity index (χ1v) is 6.87. The molecule has 0 atom stereocenters. The van der Waals surface area contributed by atoms with Crippen LogP contribution in [0.15, 0.2) is 6.07 Å². The van der Waals surface area contributed by atoms with Crippen molar-refractivity contribution in [3.63, 3.8) is 0 Å². The van der Waals surface area contributed by atoms with Crippen molar-refractivity contribution in [2.45, 2.75) is 41.5 Å². The van der Waals surface area contributed by atoms with Crippen LogP contribution < -0.4 is 4.90 Å². The molecule has 0 aliphatic rings. The van der Waals surface area contributed by atoms with Gasteiger partial charge in [0.2, 0.25) is 0 Å². The molecule has 21 heavy (non-hydrogen) atoms. The third-order valence-corrected chi connectivity index (χ3v) is 4.34. The van der Waals surface area contributed by atoms with Crippen LogP contribution in [0.3, 0.4) is 0 Å². The zero-order valence-corrected chi connectivity index (χ0v) is 16.8. The molecule has 0 amide bonds. The minimum absolute atomic E-state index is 0. The second-order valence-electron chi connectivity index (χ2n) is 5.44.